The molecule has 1 aliphatic heterocycles. The van der Waals surface area contributed by atoms with Crippen LogP contribution in [0.2, 0.25) is 0 Å². The van der Waals surface area contributed by atoms with Crippen LogP contribution in [-0.4, -0.2) is 33.1 Å². The average molecular weight is 335 g/mol. The Balaban J connectivity index is 1.70. The Morgan fingerprint density at radius 2 is 2.13 bits per heavy atom. The topological polar surface area (TPSA) is 92.5 Å². The first-order valence-electron chi connectivity index (χ1n) is 7.18. The number of aryl methyl sites for hydroxylation is 1. The number of aromatic nitrogens is 1. The molecule has 122 valence electrons. The van der Waals surface area contributed by atoms with E-state index < -0.39 is 10.0 Å². The van der Waals surface area contributed by atoms with Crippen molar-refractivity contribution in [3.05, 3.63) is 41.3 Å². The first kappa shape index (κ1) is 15.7. The lowest BCUT2D eigenvalue weighted by atomic mass is 10.2. The lowest BCUT2D eigenvalue weighted by Crippen LogP contribution is -2.26. The van der Waals surface area contributed by atoms with Gasteiger partial charge in [0, 0.05) is 31.8 Å². The van der Waals surface area contributed by atoms with Crippen molar-refractivity contribution in [2.45, 2.75) is 24.7 Å². The van der Waals surface area contributed by atoms with Gasteiger partial charge in [-0.15, -0.1) is 0 Å². The number of nitrogens with one attached hydrogen (secondary N) is 1. The van der Waals surface area contributed by atoms with Crippen molar-refractivity contribution in [2.24, 2.45) is 0 Å². The van der Waals surface area contributed by atoms with Gasteiger partial charge in [-0.2, -0.15) is 0 Å². The molecule has 0 saturated heterocycles. The van der Waals surface area contributed by atoms with E-state index in [-0.39, 0.29) is 23.8 Å². The molecule has 0 atom stereocenters. The number of sulfonamides is 1. The van der Waals surface area contributed by atoms with Gasteiger partial charge in [-0.25, -0.2) is 13.1 Å². The maximum atomic E-state index is 12.3. The minimum atomic E-state index is -3.62. The van der Waals surface area contributed by atoms with Gasteiger partial charge < -0.3 is 9.42 Å². The molecule has 0 fully saturated rings. The van der Waals surface area contributed by atoms with Crippen LogP contribution < -0.4 is 9.62 Å². The zero-order chi connectivity index (χ0) is 16.6. The fourth-order valence-corrected chi connectivity index (χ4v) is 3.63. The molecule has 0 spiro atoms. The predicted octanol–water partition coefficient (Wildman–Crippen LogP) is 1.02. The first-order valence-corrected chi connectivity index (χ1v) is 8.66. The fraction of sp³-hybridized carbons (Fsp3) is 0.333. The number of hydrogen-bond acceptors (Lipinski definition) is 5. The maximum Gasteiger partial charge on any atom is 0.240 e. The van der Waals surface area contributed by atoms with E-state index in [2.05, 4.69) is 9.88 Å². The van der Waals surface area contributed by atoms with Gasteiger partial charge in [0.1, 0.15) is 5.76 Å². The molecule has 0 aliphatic carbocycles. The maximum absolute atomic E-state index is 12.3. The number of carbonyl (C=O) groups is 1. The Hall–Kier alpha value is -2.19. The van der Waals surface area contributed by atoms with E-state index in [1.54, 1.807) is 32.2 Å². The van der Waals surface area contributed by atoms with Crippen molar-refractivity contribution in [1.82, 2.24) is 9.88 Å². The lowest BCUT2D eigenvalue weighted by molar-refractivity contribution is -0.117. The highest BCUT2D eigenvalue weighted by molar-refractivity contribution is 7.89. The molecule has 2 heterocycles. The van der Waals surface area contributed by atoms with Gasteiger partial charge in [0.15, 0.2) is 0 Å². The summed E-state index contributed by atoms with van der Waals surface area (Å²) >= 11 is 0. The van der Waals surface area contributed by atoms with Gasteiger partial charge in [0.25, 0.3) is 0 Å². The quantitative estimate of drug-likeness (QED) is 0.881. The molecular formula is C15H17N3O4S. The Bertz CT molecular complexity index is 857. The van der Waals surface area contributed by atoms with E-state index in [1.807, 2.05) is 0 Å². The fourth-order valence-electron chi connectivity index (χ4n) is 2.55. The summed E-state index contributed by atoms with van der Waals surface area (Å²) in [4.78, 5) is 13.4. The van der Waals surface area contributed by atoms with Crippen LogP contribution in [-0.2, 0) is 27.7 Å². The zero-order valence-electron chi connectivity index (χ0n) is 12.9. The zero-order valence-corrected chi connectivity index (χ0v) is 13.7. The van der Waals surface area contributed by atoms with Gasteiger partial charge in [-0.05, 0) is 30.7 Å². The third-order valence-corrected chi connectivity index (χ3v) is 5.25. The molecule has 1 aromatic heterocycles. The van der Waals surface area contributed by atoms with Gasteiger partial charge >= 0.3 is 0 Å². The Labute approximate surface area is 134 Å². The molecule has 1 amide bonds. The molecular weight excluding hydrogens is 318 g/mol. The molecule has 0 unspecified atom stereocenters. The number of nitrogens with zero attached hydrogens (tertiary/aromatic N) is 2. The third kappa shape index (κ3) is 3.13. The summed E-state index contributed by atoms with van der Waals surface area (Å²) in [5.41, 5.74) is 2.19. The molecule has 0 saturated carbocycles. The molecule has 8 heteroatoms. The molecule has 1 aromatic carbocycles. The summed E-state index contributed by atoms with van der Waals surface area (Å²) in [7, 11) is -1.94. The number of carbonyl (C=O) groups excluding carboxylic acids is 1. The van der Waals surface area contributed by atoms with Gasteiger partial charge in [0.05, 0.1) is 17.0 Å². The van der Waals surface area contributed by atoms with E-state index >= 15 is 0 Å². The summed E-state index contributed by atoms with van der Waals surface area (Å²) in [5, 5.41) is 3.82. The molecule has 1 N–H and O–H groups in total. The van der Waals surface area contributed by atoms with Crippen LogP contribution in [0.3, 0.4) is 0 Å². The SMILES string of the molecule is Cc1cc(CCNS(=O)(=O)c2ccc3c(c2)CC(=O)N3C)no1. The molecule has 1 aliphatic rings. The van der Waals surface area contributed by atoms with Crippen LogP contribution >= 0.6 is 0 Å². The number of fused-ring (bicyclic) bond motifs is 1. The van der Waals surface area contributed by atoms with Crippen molar-refractivity contribution in [3.63, 3.8) is 0 Å². The number of anilines is 1. The number of benzene rings is 1. The van der Waals surface area contributed by atoms with Crippen molar-refractivity contribution < 1.29 is 17.7 Å². The smallest absolute Gasteiger partial charge is 0.240 e. The summed E-state index contributed by atoms with van der Waals surface area (Å²) in [6.07, 6.45) is 0.677. The first-order chi connectivity index (χ1) is 10.9. The molecule has 2 aromatic rings. The Morgan fingerprint density at radius 1 is 1.35 bits per heavy atom. The van der Waals surface area contributed by atoms with Crippen LogP contribution in [0, 0.1) is 6.92 Å². The average Bonchev–Trinajstić information content (AvgIpc) is 3.03. The number of amides is 1. The predicted molar refractivity (Wildman–Crippen MR) is 83.7 cm³/mol. The highest BCUT2D eigenvalue weighted by Crippen LogP contribution is 2.29. The van der Waals surface area contributed by atoms with Gasteiger partial charge in [-0.3, -0.25) is 4.79 Å². The largest absolute Gasteiger partial charge is 0.361 e. The standard InChI is InChI=1S/C15H17N3O4S/c1-10-7-12(17-22-10)5-6-16-23(20,21)13-3-4-14-11(8-13)9-15(19)18(14)2/h3-4,7-8,16H,5-6,9H2,1-2H3. The molecule has 3 rings (SSSR count). The highest BCUT2D eigenvalue weighted by Gasteiger charge is 2.26. The van der Waals surface area contributed by atoms with E-state index in [0.717, 1.165) is 11.3 Å². The Kier molecular flexibility index (Phi) is 3.95. The van der Waals surface area contributed by atoms with Crippen LogP contribution in [0.1, 0.15) is 17.0 Å². The van der Waals surface area contributed by atoms with Crippen molar-refractivity contribution in [3.8, 4) is 0 Å². The number of likely N-dealkylation sites (N-methyl/N-ethyl adjacent to an activating group) is 1. The highest BCUT2D eigenvalue weighted by atomic mass is 32.2. The molecule has 0 bridgehead atoms. The van der Waals surface area contributed by atoms with Crippen molar-refractivity contribution >= 4 is 21.6 Å². The van der Waals surface area contributed by atoms with Crippen LogP contribution in [0.4, 0.5) is 5.69 Å². The normalized spacial score (nSPS) is 14.3. The number of rotatable bonds is 5. The van der Waals surface area contributed by atoms with E-state index in [4.69, 9.17) is 4.52 Å². The van der Waals surface area contributed by atoms with Gasteiger partial charge in [-0.1, -0.05) is 5.16 Å². The van der Waals surface area contributed by atoms with E-state index in [9.17, 15) is 13.2 Å². The van der Waals surface area contributed by atoms with Gasteiger partial charge in [0.2, 0.25) is 15.9 Å². The molecule has 7 nitrogen and oxygen atoms in total. The minimum Gasteiger partial charge on any atom is -0.361 e. The van der Waals surface area contributed by atoms with Crippen LogP contribution in [0.25, 0.3) is 0 Å². The minimum absolute atomic E-state index is 0.0380. The van der Waals surface area contributed by atoms with Crippen LogP contribution in [0.15, 0.2) is 33.7 Å². The summed E-state index contributed by atoms with van der Waals surface area (Å²) in [5.74, 6) is 0.652. The Morgan fingerprint density at radius 3 is 2.83 bits per heavy atom. The van der Waals surface area contributed by atoms with E-state index in [1.165, 1.54) is 11.0 Å². The second-order valence-corrected chi connectivity index (χ2v) is 7.26. The second-order valence-electron chi connectivity index (χ2n) is 5.50. The van der Waals surface area contributed by atoms with Crippen LogP contribution in [0.5, 0.6) is 0 Å². The summed E-state index contributed by atoms with van der Waals surface area (Å²) in [6, 6.07) is 6.50. The third-order valence-electron chi connectivity index (χ3n) is 3.79. The summed E-state index contributed by atoms with van der Waals surface area (Å²) < 4.78 is 32.2. The number of hydrogen-bond donors (Lipinski definition) is 1. The summed E-state index contributed by atoms with van der Waals surface area (Å²) in [6.45, 7) is 2.01. The second kappa shape index (κ2) is 5.78. The molecule has 0 radical (unpaired) electrons. The van der Waals surface area contributed by atoms with E-state index in [0.29, 0.717) is 17.9 Å². The molecule has 23 heavy (non-hydrogen) atoms. The van der Waals surface area contributed by atoms with Crippen molar-refractivity contribution in [1.29, 1.82) is 0 Å². The van der Waals surface area contributed by atoms with Crippen molar-refractivity contribution in [2.75, 3.05) is 18.5 Å². The monoisotopic (exact) mass is 335 g/mol. The lowest BCUT2D eigenvalue weighted by Gasteiger charge is -2.11.